The third-order valence-corrected chi connectivity index (χ3v) is 4.17. The highest BCUT2D eigenvalue weighted by Crippen LogP contribution is 2.25. The average molecular weight is 404 g/mol. The van der Waals surface area contributed by atoms with Gasteiger partial charge in [0.1, 0.15) is 24.0 Å². The van der Waals surface area contributed by atoms with Crippen LogP contribution >= 0.6 is 15.9 Å². The molecule has 130 valence electrons. The van der Waals surface area contributed by atoms with Crippen molar-refractivity contribution >= 4 is 27.6 Å². The molecular weight excluding hydrogens is 387 g/mol. The molecule has 0 saturated carbocycles. The summed E-state index contributed by atoms with van der Waals surface area (Å²) in [6.45, 7) is 4.47. The highest BCUT2D eigenvalue weighted by Gasteiger charge is 2.27. The number of allylic oxidation sites excluding steroid dienone is 1. The number of alkyl halides is 3. The first kappa shape index (κ1) is 18.3. The van der Waals surface area contributed by atoms with Crippen molar-refractivity contribution in [3.8, 4) is 0 Å². The maximum atomic E-state index is 12.4. The van der Waals surface area contributed by atoms with E-state index in [-0.39, 0.29) is 11.7 Å². The van der Waals surface area contributed by atoms with Crippen LogP contribution in [0.25, 0.3) is 0 Å². The van der Waals surface area contributed by atoms with E-state index in [1.54, 1.807) is 24.1 Å². The number of halogens is 4. The van der Waals surface area contributed by atoms with Gasteiger partial charge in [-0.15, -0.1) is 0 Å². The monoisotopic (exact) mass is 403 g/mol. The molecule has 1 aliphatic rings. The molecule has 2 rings (SSSR count). The Morgan fingerprint density at radius 1 is 1.42 bits per heavy atom. The Morgan fingerprint density at radius 2 is 2.08 bits per heavy atom. The Morgan fingerprint density at radius 3 is 2.71 bits per heavy atom. The summed E-state index contributed by atoms with van der Waals surface area (Å²) in [6.07, 6.45) is -4.00. The fourth-order valence-corrected chi connectivity index (χ4v) is 2.54. The zero-order valence-electron chi connectivity index (χ0n) is 13.2. The minimum Gasteiger partial charge on any atom is -0.360 e. The zero-order valence-corrected chi connectivity index (χ0v) is 14.8. The number of likely N-dealkylation sites (N-methyl/N-ethyl adjacent to an activating group) is 1. The Hall–Kier alpha value is -2.03. The summed E-state index contributed by atoms with van der Waals surface area (Å²) < 4.78 is 37.5. The van der Waals surface area contributed by atoms with E-state index in [2.05, 4.69) is 38.1 Å². The predicted octanol–water partition coefficient (Wildman–Crippen LogP) is 3.62. The number of nitrogens with zero attached hydrogens (tertiary/aromatic N) is 2. The molecule has 1 aromatic rings. The minimum absolute atomic E-state index is 0.121. The molecule has 0 atom stereocenters. The van der Waals surface area contributed by atoms with Crippen molar-refractivity contribution in [2.24, 2.45) is 0 Å². The molecule has 24 heavy (non-hydrogen) atoms. The molecule has 0 radical (unpaired) electrons. The lowest BCUT2D eigenvalue weighted by atomic mass is 10.0. The predicted molar refractivity (Wildman–Crippen MR) is 90.7 cm³/mol. The van der Waals surface area contributed by atoms with Crippen LogP contribution in [0.3, 0.4) is 0 Å². The van der Waals surface area contributed by atoms with E-state index in [1.165, 1.54) is 0 Å². The van der Waals surface area contributed by atoms with Crippen LogP contribution in [-0.2, 0) is 6.42 Å². The van der Waals surface area contributed by atoms with Crippen molar-refractivity contribution in [1.82, 2.24) is 15.2 Å². The molecule has 1 aliphatic heterocycles. The fraction of sp³-hybridized carbons (Fsp3) is 0.333. The van der Waals surface area contributed by atoms with E-state index in [4.69, 9.17) is 5.41 Å². The van der Waals surface area contributed by atoms with Crippen LogP contribution in [0.4, 0.5) is 19.0 Å². The standard InChI is InChI=1S/C15H17BrF3N5/c1-8-11(13(20)24(3)9(2)22-8)6-10-4-5-12(16)14(23-10)21-7-15(17,18)19/h4-5,20,22H,2,6-7H2,1,3H3,(H,21,23). The second-order valence-corrected chi connectivity index (χ2v) is 6.22. The van der Waals surface area contributed by atoms with Crippen LogP contribution in [0.1, 0.15) is 12.6 Å². The first-order chi connectivity index (χ1) is 11.1. The van der Waals surface area contributed by atoms with Gasteiger partial charge in [-0.3, -0.25) is 5.41 Å². The minimum atomic E-state index is -4.32. The molecule has 0 aliphatic carbocycles. The number of hydrogen-bond donors (Lipinski definition) is 3. The van der Waals surface area contributed by atoms with E-state index >= 15 is 0 Å². The summed E-state index contributed by atoms with van der Waals surface area (Å²) in [6, 6.07) is 3.35. The molecule has 0 bridgehead atoms. The van der Waals surface area contributed by atoms with Crippen LogP contribution in [0.2, 0.25) is 0 Å². The Balaban J connectivity index is 2.23. The van der Waals surface area contributed by atoms with E-state index < -0.39 is 12.7 Å². The van der Waals surface area contributed by atoms with E-state index in [0.717, 1.165) is 5.70 Å². The van der Waals surface area contributed by atoms with Gasteiger partial charge in [0.15, 0.2) is 0 Å². The Labute approximate surface area is 146 Å². The molecule has 0 unspecified atom stereocenters. The summed E-state index contributed by atoms with van der Waals surface area (Å²) in [4.78, 5) is 5.83. The number of anilines is 1. The smallest absolute Gasteiger partial charge is 0.360 e. The molecule has 1 aromatic heterocycles. The topological polar surface area (TPSA) is 64.0 Å². The van der Waals surface area contributed by atoms with Crippen LogP contribution in [0.5, 0.6) is 0 Å². The van der Waals surface area contributed by atoms with Gasteiger partial charge >= 0.3 is 6.18 Å². The maximum absolute atomic E-state index is 12.4. The van der Waals surface area contributed by atoms with Crippen LogP contribution in [0.15, 0.2) is 40.3 Å². The first-order valence-corrected chi connectivity index (χ1v) is 7.82. The summed E-state index contributed by atoms with van der Waals surface area (Å²) in [7, 11) is 1.72. The molecular formula is C15H17BrF3N5. The normalized spacial score (nSPS) is 15.7. The van der Waals surface area contributed by atoms with Crippen molar-refractivity contribution in [3.63, 3.8) is 0 Å². The summed E-state index contributed by atoms with van der Waals surface area (Å²) in [5.74, 6) is 0.999. The van der Waals surface area contributed by atoms with Crippen LogP contribution < -0.4 is 10.6 Å². The average Bonchev–Trinajstić information content (AvgIpc) is 2.49. The van der Waals surface area contributed by atoms with Gasteiger partial charge in [0, 0.05) is 30.4 Å². The lowest BCUT2D eigenvalue weighted by Gasteiger charge is -2.31. The highest BCUT2D eigenvalue weighted by molar-refractivity contribution is 9.10. The second-order valence-electron chi connectivity index (χ2n) is 5.36. The number of aromatic nitrogens is 1. The van der Waals surface area contributed by atoms with Gasteiger partial charge in [-0.1, -0.05) is 6.58 Å². The largest absolute Gasteiger partial charge is 0.405 e. The molecule has 0 spiro atoms. The number of pyridine rings is 1. The van der Waals surface area contributed by atoms with Gasteiger partial charge in [0.2, 0.25) is 0 Å². The summed E-state index contributed by atoms with van der Waals surface area (Å²) in [5.41, 5.74) is 2.05. The number of rotatable bonds is 4. The lowest BCUT2D eigenvalue weighted by molar-refractivity contribution is -0.115. The number of amidine groups is 1. The molecule has 0 fully saturated rings. The van der Waals surface area contributed by atoms with Crippen molar-refractivity contribution in [2.45, 2.75) is 19.5 Å². The van der Waals surface area contributed by atoms with Gasteiger partial charge in [0.05, 0.1) is 4.47 Å². The molecule has 2 heterocycles. The summed E-state index contributed by atoms with van der Waals surface area (Å²) in [5, 5.41) is 13.5. The van der Waals surface area contributed by atoms with Gasteiger partial charge in [-0.25, -0.2) is 4.98 Å². The Bertz CT molecular complexity index is 712. The number of hydrogen-bond acceptors (Lipinski definition) is 4. The van der Waals surface area contributed by atoms with Crippen LogP contribution in [-0.4, -0.2) is 35.5 Å². The molecule has 5 nitrogen and oxygen atoms in total. The van der Waals surface area contributed by atoms with Gasteiger partial charge in [-0.05, 0) is 35.0 Å². The van der Waals surface area contributed by atoms with Crippen molar-refractivity contribution < 1.29 is 13.2 Å². The van der Waals surface area contributed by atoms with Gasteiger partial charge in [0.25, 0.3) is 0 Å². The SMILES string of the molecule is C=C1NC(C)=C(Cc2ccc(Br)c(NCC(F)(F)F)n2)C(=N)N1C. The first-order valence-electron chi connectivity index (χ1n) is 7.03. The van der Waals surface area contributed by atoms with Gasteiger partial charge < -0.3 is 15.5 Å². The van der Waals surface area contributed by atoms with E-state index in [0.29, 0.717) is 28.0 Å². The van der Waals surface area contributed by atoms with E-state index in [9.17, 15) is 13.2 Å². The molecule has 3 N–H and O–H groups in total. The van der Waals surface area contributed by atoms with Crippen molar-refractivity contribution in [1.29, 1.82) is 5.41 Å². The molecule has 0 saturated heterocycles. The molecule has 0 aromatic carbocycles. The maximum Gasteiger partial charge on any atom is 0.405 e. The van der Waals surface area contributed by atoms with Crippen molar-refractivity contribution in [3.05, 3.63) is 46.0 Å². The van der Waals surface area contributed by atoms with Crippen LogP contribution in [0, 0.1) is 5.41 Å². The Kier molecular flexibility index (Phi) is 5.22. The highest BCUT2D eigenvalue weighted by atomic mass is 79.9. The lowest BCUT2D eigenvalue weighted by Crippen LogP contribution is -2.39. The van der Waals surface area contributed by atoms with E-state index in [1.807, 2.05) is 6.92 Å². The van der Waals surface area contributed by atoms with Crippen molar-refractivity contribution in [2.75, 3.05) is 18.9 Å². The second kappa shape index (κ2) is 6.84. The third kappa shape index (κ3) is 4.28. The fourth-order valence-electron chi connectivity index (χ4n) is 2.18. The molecule has 9 heteroatoms. The quantitative estimate of drug-likeness (QED) is 0.718. The zero-order chi connectivity index (χ0) is 18.1. The van der Waals surface area contributed by atoms with Gasteiger partial charge in [-0.2, -0.15) is 13.2 Å². The molecule has 0 amide bonds. The summed E-state index contributed by atoms with van der Waals surface area (Å²) >= 11 is 3.19. The third-order valence-electron chi connectivity index (χ3n) is 3.53. The number of nitrogens with one attached hydrogen (secondary N) is 3.